The van der Waals surface area contributed by atoms with Gasteiger partial charge in [-0.25, -0.2) is 0 Å². The maximum atomic E-state index is 11.9. The van der Waals surface area contributed by atoms with Gasteiger partial charge in [-0.15, -0.1) is 11.8 Å². The zero-order chi connectivity index (χ0) is 14.1. The standard InChI is InChI=1S/C15H11NO3S.Na/c17-13-11(8-4-7-10-5-2-1-3-6-10)14-16(13)12(9-20-14)15(18)19;/h1-9,14H,(H,18,19);/q;+1/p-1/b7-4+,11-8-;/t14-;/m1./s1. The molecule has 1 amide bonds. The molecule has 1 saturated heterocycles. The Kier molecular flexibility index (Phi) is 5.11. The number of hydrogen-bond acceptors (Lipinski definition) is 4. The Hall–Kier alpha value is -1.27. The van der Waals surface area contributed by atoms with E-state index < -0.39 is 5.97 Å². The molecule has 0 aromatic heterocycles. The van der Waals surface area contributed by atoms with Crippen LogP contribution in [0, 0.1) is 0 Å². The zero-order valence-corrected chi connectivity index (χ0v) is 14.2. The monoisotopic (exact) mass is 307 g/mol. The van der Waals surface area contributed by atoms with Crippen molar-refractivity contribution in [3.8, 4) is 0 Å². The number of thioether (sulfide) groups is 1. The van der Waals surface area contributed by atoms with Crippen molar-refractivity contribution in [3.05, 3.63) is 64.7 Å². The minimum Gasteiger partial charge on any atom is -0.543 e. The van der Waals surface area contributed by atoms with Crippen LogP contribution in [0.3, 0.4) is 0 Å². The molecule has 1 atom stereocenters. The van der Waals surface area contributed by atoms with Gasteiger partial charge in [-0.1, -0.05) is 48.6 Å². The van der Waals surface area contributed by atoms with Crippen LogP contribution < -0.4 is 34.7 Å². The average molecular weight is 307 g/mol. The molecule has 0 bridgehead atoms. The normalized spacial score (nSPS) is 21.8. The summed E-state index contributed by atoms with van der Waals surface area (Å²) in [6, 6.07) is 9.73. The van der Waals surface area contributed by atoms with E-state index in [0.717, 1.165) is 5.56 Å². The molecule has 1 fully saturated rings. The van der Waals surface area contributed by atoms with Crippen LogP contribution in [0.4, 0.5) is 0 Å². The number of amides is 1. The molecule has 2 aliphatic heterocycles. The summed E-state index contributed by atoms with van der Waals surface area (Å²) in [7, 11) is 0. The van der Waals surface area contributed by atoms with Gasteiger partial charge >= 0.3 is 29.6 Å². The first-order valence-electron chi connectivity index (χ1n) is 6.02. The summed E-state index contributed by atoms with van der Waals surface area (Å²) >= 11 is 1.31. The van der Waals surface area contributed by atoms with E-state index >= 15 is 0 Å². The van der Waals surface area contributed by atoms with Crippen molar-refractivity contribution in [1.82, 2.24) is 4.90 Å². The minimum absolute atomic E-state index is 0. The fraction of sp³-hybridized carbons (Fsp3) is 0.0667. The van der Waals surface area contributed by atoms with E-state index in [1.165, 1.54) is 22.1 Å². The summed E-state index contributed by atoms with van der Waals surface area (Å²) in [5, 5.41) is 12.1. The van der Waals surface area contributed by atoms with Gasteiger partial charge in [0.2, 0.25) is 0 Å². The molecule has 21 heavy (non-hydrogen) atoms. The molecule has 0 aliphatic carbocycles. The van der Waals surface area contributed by atoms with Crippen LogP contribution in [0.15, 0.2) is 59.2 Å². The Balaban J connectivity index is 0.00000161. The van der Waals surface area contributed by atoms with Crippen LogP contribution in [-0.4, -0.2) is 22.2 Å². The summed E-state index contributed by atoms with van der Waals surface area (Å²) in [5.74, 6) is -1.58. The molecule has 1 aromatic carbocycles. The van der Waals surface area contributed by atoms with E-state index in [0.29, 0.717) is 5.57 Å². The third-order valence-electron chi connectivity index (χ3n) is 3.11. The molecule has 100 valence electrons. The van der Waals surface area contributed by atoms with Gasteiger partial charge in [-0.2, -0.15) is 0 Å². The van der Waals surface area contributed by atoms with Gasteiger partial charge < -0.3 is 9.90 Å². The van der Waals surface area contributed by atoms with E-state index in [9.17, 15) is 14.7 Å². The topological polar surface area (TPSA) is 60.4 Å². The van der Waals surface area contributed by atoms with Crippen LogP contribution in [0.2, 0.25) is 0 Å². The molecule has 0 unspecified atom stereocenters. The summed E-state index contributed by atoms with van der Waals surface area (Å²) in [6.45, 7) is 0. The van der Waals surface area contributed by atoms with Gasteiger partial charge in [0, 0.05) is 0 Å². The number of hydrogen-bond donors (Lipinski definition) is 0. The van der Waals surface area contributed by atoms with E-state index in [1.807, 2.05) is 36.4 Å². The first-order chi connectivity index (χ1) is 9.68. The van der Waals surface area contributed by atoms with Crippen molar-refractivity contribution in [3.63, 3.8) is 0 Å². The van der Waals surface area contributed by atoms with E-state index in [2.05, 4.69) is 0 Å². The van der Waals surface area contributed by atoms with Crippen molar-refractivity contribution in [2.24, 2.45) is 0 Å². The molecule has 6 heteroatoms. The van der Waals surface area contributed by atoms with Crippen LogP contribution in [0.5, 0.6) is 0 Å². The number of benzene rings is 1. The van der Waals surface area contributed by atoms with Crippen molar-refractivity contribution in [1.29, 1.82) is 0 Å². The summed E-state index contributed by atoms with van der Waals surface area (Å²) < 4.78 is 0. The number of carboxylic acids is 1. The molecule has 1 aromatic rings. The van der Waals surface area contributed by atoms with Crippen LogP contribution >= 0.6 is 11.8 Å². The molecule has 0 spiro atoms. The molecule has 0 radical (unpaired) electrons. The second-order valence-electron chi connectivity index (χ2n) is 4.35. The number of rotatable bonds is 3. The number of β-lactam (4-membered cyclic amide) rings is 1. The predicted octanol–water partition coefficient (Wildman–Crippen LogP) is -1.86. The largest absolute Gasteiger partial charge is 1.00 e. The van der Waals surface area contributed by atoms with Crippen LogP contribution in [0.1, 0.15) is 5.56 Å². The van der Waals surface area contributed by atoms with Gasteiger partial charge in [0.25, 0.3) is 5.91 Å². The van der Waals surface area contributed by atoms with Crippen LogP contribution in [0.25, 0.3) is 6.08 Å². The molecular weight excluding hydrogens is 297 g/mol. The minimum atomic E-state index is -1.31. The second kappa shape index (κ2) is 6.66. The molecule has 2 heterocycles. The molecule has 4 nitrogen and oxygen atoms in total. The molecule has 2 aliphatic rings. The third kappa shape index (κ3) is 3.01. The smallest absolute Gasteiger partial charge is 0.543 e. The fourth-order valence-electron chi connectivity index (χ4n) is 2.11. The fourth-order valence-corrected chi connectivity index (χ4v) is 3.23. The molecule has 3 rings (SSSR count). The molecule has 0 N–H and O–H groups in total. The Morgan fingerprint density at radius 2 is 2.00 bits per heavy atom. The number of carbonyl (C=O) groups is 2. The Morgan fingerprint density at radius 1 is 1.29 bits per heavy atom. The van der Waals surface area contributed by atoms with Crippen molar-refractivity contribution < 1.29 is 44.3 Å². The number of allylic oxidation sites excluding steroid dienone is 2. The van der Waals surface area contributed by atoms with Crippen LogP contribution in [-0.2, 0) is 9.59 Å². The Morgan fingerprint density at radius 3 is 2.67 bits per heavy atom. The molecular formula is C15H10NNaO3S. The van der Waals surface area contributed by atoms with Crippen molar-refractivity contribution in [2.75, 3.05) is 0 Å². The van der Waals surface area contributed by atoms with Gasteiger partial charge in [0.05, 0.1) is 17.2 Å². The van der Waals surface area contributed by atoms with E-state index in [4.69, 9.17) is 0 Å². The summed E-state index contributed by atoms with van der Waals surface area (Å²) in [6.07, 6.45) is 5.43. The number of fused-ring (bicyclic) bond motifs is 1. The van der Waals surface area contributed by atoms with Gasteiger partial charge in [-0.05, 0) is 11.0 Å². The number of nitrogens with zero attached hydrogens (tertiary/aromatic N) is 1. The van der Waals surface area contributed by atoms with E-state index in [1.54, 1.807) is 12.2 Å². The summed E-state index contributed by atoms with van der Waals surface area (Å²) in [4.78, 5) is 24.0. The first-order valence-corrected chi connectivity index (χ1v) is 6.96. The first kappa shape index (κ1) is 16.1. The number of carbonyl (C=O) groups excluding carboxylic acids is 2. The number of aliphatic carboxylic acids is 1. The van der Waals surface area contributed by atoms with Gasteiger partial charge in [-0.3, -0.25) is 9.69 Å². The quantitative estimate of drug-likeness (QED) is 0.373. The number of carboxylic acid groups (broad SMARTS) is 1. The van der Waals surface area contributed by atoms with Crippen molar-refractivity contribution in [2.45, 2.75) is 5.37 Å². The van der Waals surface area contributed by atoms with Crippen molar-refractivity contribution >= 4 is 29.7 Å². The van der Waals surface area contributed by atoms with Gasteiger partial charge in [0.1, 0.15) is 5.37 Å². The second-order valence-corrected chi connectivity index (χ2v) is 5.30. The average Bonchev–Trinajstić information content (AvgIpc) is 2.85. The zero-order valence-electron chi connectivity index (χ0n) is 11.4. The van der Waals surface area contributed by atoms with Gasteiger partial charge in [0.15, 0.2) is 0 Å². The molecule has 0 saturated carbocycles. The third-order valence-corrected chi connectivity index (χ3v) is 4.19. The SMILES string of the molecule is O=C([O-])C1=CS[C@@H]2/C(=C\C=C\c3ccccc3)C(=O)N12.[Na+]. The van der Waals surface area contributed by atoms with E-state index in [-0.39, 0.29) is 46.5 Å². The predicted molar refractivity (Wildman–Crippen MR) is 74.9 cm³/mol. The summed E-state index contributed by atoms with van der Waals surface area (Å²) in [5.41, 5.74) is 1.60. The maximum absolute atomic E-state index is 11.9. The Bertz CT molecular complexity index is 667. The Labute approximate surface area is 148 Å². The maximum Gasteiger partial charge on any atom is 1.00 e.